The Balaban J connectivity index is 4.57. The van der Waals surface area contributed by atoms with E-state index >= 15 is 0 Å². The van der Waals surface area contributed by atoms with Crippen LogP contribution in [0.5, 0.6) is 0 Å². The molecule has 4 heteroatoms. The number of carbonyl (C=O) groups excluding carboxylic acids is 1. The molecule has 0 aliphatic carbocycles. The van der Waals surface area contributed by atoms with Gasteiger partial charge in [-0.2, -0.15) is 0 Å². The van der Waals surface area contributed by atoms with Gasteiger partial charge in [-0.25, -0.2) is 0 Å². The lowest BCUT2D eigenvalue weighted by Crippen LogP contribution is -2.50. The third-order valence-corrected chi connectivity index (χ3v) is 3.60. The molecule has 0 fully saturated rings. The minimum absolute atomic E-state index is 0.149. The van der Waals surface area contributed by atoms with Crippen molar-refractivity contribution in [3.8, 4) is 0 Å². The van der Waals surface area contributed by atoms with Crippen molar-refractivity contribution in [2.75, 3.05) is 26.7 Å². The highest BCUT2D eigenvalue weighted by atomic mass is 16.5. The van der Waals surface area contributed by atoms with E-state index in [0.29, 0.717) is 19.2 Å². The van der Waals surface area contributed by atoms with Crippen LogP contribution in [0.4, 0.5) is 0 Å². The maximum atomic E-state index is 11.9. The summed E-state index contributed by atoms with van der Waals surface area (Å²) in [5, 5.41) is 3.28. The molecule has 0 heterocycles. The van der Waals surface area contributed by atoms with E-state index in [1.54, 1.807) is 0 Å². The third kappa shape index (κ3) is 6.92. The van der Waals surface area contributed by atoms with Gasteiger partial charge in [0, 0.05) is 12.6 Å². The van der Waals surface area contributed by atoms with Gasteiger partial charge in [-0.1, -0.05) is 27.7 Å². The van der Waals surface area contributed by atoms with Crippen molar-refractivity contribution in [3.63, 3.8) is 0 Å². The number of rotatable bonds is 8. The van der Waals surface area contributed by atoms with Crippen molar-refractivity contribution in [1.82, 2.24) is 10.2 Å². The van der Waals surface area contributed by atoms with Crippen LogP contribution in [0.2, 0.25) is 0 Å². The van der Waals surface area contributed by atoms with E-state index in [0.717, 1.165) is 13.0 Å². The maximum Gasteiger partial charge on any atom is 0.324 e. The summed E-state index contributed by atoms with van der Waals surface area (Å²) in [4.78, 5) is 14.2. The summed E-state index contributed by atoms with van der Waals surface area (Å²) in [6.07, 6.45) is 1.01. The van der Waals surface area contributed by atoms with Gasteiger partial charge < -0.3 is 15.0 Å². The van der Waals surface area contributed by atoms with Crippen LogP contribution >= 0.6 is 0 Å². The van der Waals surface area contributed by atoms with E-state index in [1.165, 1.54) is 0 Å². The van der Waals surface area contributed by atoms with Gasteiger partial charge in [-0.05, 0) is 39.3 Å². The molecule has 0 aliphatic heterocycles. The Labute approximate surface area is 118 Å². The fraction of sp³-hybridized carbons (Fsp3) is 0.933. The van der Waals surface area contributed by atoms with Crippen LogP contribution in [0.25, 0.3) is 0 Å². The lowest BCUT2D eigenvalue weighted by molar-refractivity contribution is -0.146. The van der Waals surface area contributed by atoms with Crippen LogP contribution in [0.1, 0.15) is 48.0 Å². The Bertz CT molecular complexity index is 261. The largest absolute Gasteiger partial charge is 0.465 e. The summed E-state index contributed by atoms with van der Waals surface area (Å²) in [5.74, 6) is -0.149. The van der Waals surface area contributed by atoms with Crippen molar-refractivity contribution in [2.45, 2.75) is 60.0 Å². The van der Waals surface area contributed by atoms with Crippen LogP contribution in [0, 0.1) is 5.41 Å². The fourth-order valence-electron chi connectivity index (χ4n) is 1.89. The minimum atomic E-state index is -0.241. The van der Waals surface area contributed by atoms with Crippen LogP contribution in [0.3, 0.4) is 0 Å². The third-order valence-electron chi connectivity index (χ3n) is 3.60. The average Bonchev–Trinajstić information content (AvgIpc) is 2.32. The first-order chi connectivity index (χ1) is 8.73. The van der Waals surface area contributed by atoms with Gasteiger partial charge in [0.25, 0.3) is 0 Å². The van der Waals surface area contributed by atoms with Gasteiger partial charge in [0.2, 0.25) is 0 Å². The number of hydrogen-bond acceptors (Lipinski definition) is 4. The predicted octanol–water partition coefficient (Wildman–Crippen LogP) is 2.28. The summed E-state index contributed by atoms with van der Waals surface area (Å²) in [7, 11) is 2.07. The first kappa shape index (κ1) is 18.4. The zero-order valence-electron chi connectivity index (χ0n) is 13.7. The van der Waals surface area contributed by atoms with Crippen molar-refractivity contribution in [3.05, 3.63) is 0 Å². The molecule has 114 valence electrons. The molecule has 2 unspecified atom stereocenters. The standard InChI is InChI=1S/C15H32N2O2/c1-8-10-16-13(14(18)19-9-2)11-17(7)12(3)15(4,5)6/h12-13,16H,8-11H2,1-7H3. The minimum Gasteiger partial charge on any atom is -0.465 e. The van der Waals surface area contributed by atoms with Gasteiger partial charge in [0.15, 0.2) is 0 Å². The van der Waals surface area contributed by atoms with Crippen molar-refractivity contribution in [1.29, 1.82) is 0 Å². The van der Waals surface area contributed by atoms with Gasteiger partial charge in [-0.3, -0.25) is 4.79 Å². The van der Waals surface area contributed by atoms with E-state index in [-0.39, 0.29) is 17.4 Å². The Morgan fingerprint density at radius 3 is 2.32 bits per heavy atom. The van der Waals surface area contributed by atoms with E-state index in [4.69, 9.17) is 4.74 Å². The second kappa shape index (κ2) is 8.54. The molecule has 1 N–H and O–H groups in total. The summed E-state index contributed by atoms with van der Waals surface area (Å²) in [6, 6.07) is 0.155. The molecule has 0 radical (unpaired) electrons. The highest BCUT2D eigenvalue weighted by molar-refractivity contribution is 5.76. The molecule has 4 nitrogen and oxygen atoms in total. The molecular weight excluding hydrogens is 240 g/mol. The van der Waals surface area contributed by atoms with Gasteiger partial charge in [0.1, 0.15) is 6.04 Å². The summed E-state index contributed by atoms with van der Waals surface area (Å²) in [5.41, 5.74) is 0.193. The first-order valence-corrected chi connectivity index (χ1v) is 7.34. The van der Waals surface area contributed by atoms with E-state index in [2.05, 4.69) is 51.9 Å². The second-order valence-electron chi connectivity index (χ2n) is 6.24. The lowest BCUT2D eigenvalue weighted by Gasteiger charge is -2.36. The van der Waals surface area contributed by atoms with Gasteiger partial charge in [0.05, 0.1) is 6.61 Å². The molecule has 0 rings (SSSR count). The molecule has 0 aromatic rings. The van der Waals surface area contributed by atoms with Crippen LogP contribution in [-0.4, -0.2) is 49.7 Å². The molecule has 0 amide bonds. The Morgan fingerprint density at radius 1 is 1.32 bits per heavy atom. The fourth-order valence-corrected chi connectivity index (χ4v) is 1.89. The molecule has 0 aliphatic rings. The number of hydrogen-bond donors (Lipinski definition) is 1. The molecule has 2 atom stereocenters. The van der Waals surface area contributed by atoms with E-state index in [9.17, 15) is 4.79 Å². The Hall–Kier alpha value is -0.610. The molecule has 0 saturated carbocycles. The highest BCUT2D eigenvalue weighted by Crippen LogP contribution is 2.23. The molecule has 0 saturated heterocycles. The molecule has 0 aromatic carbocycles. The van der Waals surface area contributed by atoms with Crippen LogP contribution in [0.15, 0.2) is 0 Å². The van der Waals surface area contributed by atoms with E-state index < -0.39 is 0 Å². The van der Waals surface area contributed by atoms with Gasteiger partial charge >= 0.3 is 5.97 Å². The summed E-state index contributed by atoms with van der Waals surface area (Å²) >= 11 is 0. The number of likely N-dealkylation sites (N-methyl/N-ethyl adjacent to an activating group) is 1. The average molecular weight is 272 g/mol. The van der Waals surface area contributed by atoms with E-state index in [1.807, 2.05) is 6.92 Å². The van der Waals surface area contributed by atoms with Crippen LogP contribution < -0.4 is 5.32 Å². The number of esters is 1. The maximum absolute atomic E-state index is 11.9. The van der Waals surface area contributed by atoms with Crippen molar-refractivity contribution >= 4 is 5.97 Å². The lowest BCUT2D eigenvalue weighted by atomic mass is 9.87. The molecule has 0 aromatic heterocycles. The van der Waals surface area contributed by atoms with Crippen LogP contribution in [-0.2, 0) is 9.53 Å². The summed E-state index contributed by atoms with van der Waals surface area (Å²) < 4.78 is 5.14. The SMILES string of the molecule is CCCNC(CN(C)C(C)C(C)(C)C)C(=O)OCC. The van der Waals surface area contributed by atoms with Crippen molar-refractivity contribution in [2.24, 2.45) is 5.41 Å². The number of nitrogens with zero attached hydrogens (tertiary/aromatic N) is 1. The topological polar surface area (TPSA) is 41.6 Å². The second-order valence-corrected chi connectivity index (χ2v) is 6.24. The quantitative estimate of drug-likeness (QED) is 0.688. The normalized spacial score (nSPS) is 15.4. The Kier molecular flexibility index (Phi) is 8.26. The zero-order chi connectivity index (χ0) is 15.1. The van der Waals surface area contributed by atoms with Crippen molar-refractivity contribution < 1.29 is 9.53 Å². The predicted molar refractivity (Wildman–Crippen MR) is 80.3 cm³/mol. The summed E-state index contributed by atoms with van der Waals surface area (Å²) in [6.45, 7) is 14.7. The molecule has 19 heavy (non-hydrogen) atoms. The molecule has 0 bridgehead atoms. The highest BCUT2D eigenvalue weighted by Gasteiger charge is 2.28. The monoisotopic (exact) mass is 272 g/mol. The number of nitrogens with one attached hydrogen (secondary N) is 1. The smallest absolute Gasteiger partial charge is 0.324 e. The zero-order valence-corrected chi connectivity index (χ0v) is 13.7. The van der Waals surface area contributed by atoms with Gasteiger partial charge in [-0.15, -0.1) is 0 Å². The first-order valence-electron chi connectivity index (χ1n) is 7.34. The number of ether oxygens (including phenoxy) is 1. The Morgan fingerprint density at radius 2 is 1.89 bits per heavy atom. The molecule has 0 spiro atoms. The number of carbonyl (C=O) groups is 1. The molecular formula is C15H32N2O2.